The number of benzene rings is 3. The molecule has 0 bridgehead atoms. The number of rotatable bonds is 12. The van der Waals surface area contributed by atoms with Crippen LogP contribution in [0.2, 0.25) is 5.02 Å². The van der Waals surface area contributed by atoms with E-state index in [0.29, 0.717) is 17.1 Å². The van der Waals surface area contributed by atoms with Gasteiger partial charge in [-0.3, -0.25) is 13.9 Å². The lowest BCUT2D eigenvalue weighted by molar-refractivity contribution is -0.139. The number of nitrogens with zero attached hydrogens (tertiary/aromatic N) is 2. The first-order valence-corrected chi connectivity index (χ1v) is 14.9. The smallest absolute Gasteiger partial charge is 0.264 e. The second kappa shape index (κ2) is 13.8. The number of sulfonamides is 1. The monoisotopic (exact) mass is 587 g/mol. The van der Waals surface area contributed by atoms with Crippen LogP contribution in [0.15, 0.2) is 71.6 Å². The molecule has 1 atom stereocenters. The molecule has 0 aromatic heterocycles. The predicted molar refractivity (Wildman–Crippen MR) is 156 cm³/mol. The van der Waals surface area contributed by atoms with E-state index in [-0.39, 0.29) is 23.0 Å². The van der Waals surface area contributed by atoms with Crippen molar-refractivity contribution in [1.29, 1.82) is 0 Å². The third-order valence-corrected chi connectivity index (χ3v) is 8.79. The molecule has 0 spiro atoms. The highest BCUT2D eigenvalue weighted by Gasteiger charge is 2.32. The van der Waals surface area contributed by atoms with E-state index in [1.807, 2.05) is 13.8 Å². The van der Waals surface area contributed by atoms with Crippen molar-refractivity contribution in [2.24, 2.45) is 0 Å². The third-order valence-electron chi connectivity index (χ3n) is 6.59. The Morgan fingerprint density at radius 1 is 1.00 bits per heavy atom. The van der Waals surface area contributed by atoms with E-state index in [1.54, 1.807) is 38.1 Å². The fraction of sp³-hybridized carbons (Fsp3) is 0.333. The van der Waals surface area contributed by atoms with E-state index in [9.17, 15) is 22.4 Å². The highest BCUT2D eigenvalue weighted by molar-refractivity contribution is 7.92. The first-order chi connectivity index (χ1) is 18.9. The van der Waals surface area contributed by atoms with E-state index in [2.05, 4.69) is 5.32 Å². The van der Waals surface area contributed by atoms with Gasteiger partial charge in [0.05, 0.1) is 10.6 Å². The van der Waals surface area contributed by atoms with Crippen LogP contribution in [0, 0.1) is 19.7 Å². The summed E-state index contributed by atoms with van der Waals surface area (Å²) in [6.07, 6.45) is 1.67. The lowest BCUT2D eigenvalue weighted by Crippen LogP contribution is -2.51. The van der Waals surface area contributed by atoms with Crippen LogP contribution in [-0.2, 0) is 26.2 Å². The molecule has 0 heterocycles. The van der Waals surface area contributed by atoms with E-state index in [1.165, 1.54) is 47.4 Å². The Morgan fingerprint density at radius 3 is 2.25 bits per heavy atom. The first kappa shape index (κ1) is 31.1. The normalized spacial score (nSPS) is 12.1. The lowest BCUT2D eigenvalue weighted by atomic mass is 10.1. The van der Waals surface area contributed by atoms with Crippen LogP contribution in [0.25, 0.3) is 0 Å². The molecule has 3 aromatic carbocycles. The molecule has 214 valence electrons. The van der Waals surface area contributed by atoms with E-state index >= 15 is 0 Å². The molecule has 3 rings (SSSR count). The van der Waals surface area contributed by atoms with Gasteiger partial charge in [-0.2, -0.15) is 0 Å². The zero-order valence-electron chi connectivity index (χ0n) is 23.2. The van der Waals surface area contributed by atoms with Crippen LogP contribution < -0.4 is 9.62 Å². The molecule has 0 aliphatic carbocycles. The van der Waals surface area contributed by atoms with Crippen molar-refractivity contribution >= 4 is 39.1 Å². The minimum absolute atomic E-state index is 0.0121. The predicted octanol–water partition coefficient (Wildman–Crippen LogP) is 5.62. The van der Waals surface area contributed by atoms with Crippen molar-refractivity contribution in [3.05, 3.63) is 94.3 Å². The van der Waals surface area contributed by atoms with Gasteiger partial charge >= 0.3 is 0 Å². The fourth-order valence-electron chi connectivity index (χ4n) is 4.01. The minimum atomic E-state index is -4.19. The van der Waals surface area contributed by atoms with E-state index in [4.69, 9.17) is 11.6 Å². The molecule has 0 saturated carbocycles. The molecule has 0 aliphatic heterocycles. The number of nitrogens with one attached hydrogen (secondary N) is 1. The van der Waals surface area contributed by atoms with Crippen LogP contribution in [0.3, 0.4) is 0 Å². The summed E-state index contributed by atoms with van der Waals surface area (Å²) in [6, 6.07) is 15.8. The van der Waals surface area contributed by atoms with Gasteiger partial charge in [-0.05, 0) is 74.7 Å². The summed E-state index contributed by atoms with van der Waals surface area (Å²) < 4.78 is 42.3. The van der Waals surface area contributed by atoms with Gasteiger partial charge in [-0.15, -0.1) is 0 Å². The van der Waals surface area contributed by atoms with Crippen LogP contribution >= 0.6 is 11.6 Å². The molecule has 2 amide bonds. The topological polar surface area (TPSA) is 86.8 Å². The highest BCUT2D eigenvalue weighted by Crippen LogP contribution is 2.28. The summed E-state index contributed by atoms with van der Waals surface area (Å²) in [6.45, 7) is 7.08. The Morgan fingerprint density at radius 2 is 1.65 bits per heavy atom. The van der Waals surface area contributed by atoms with E-state index < -0.39 is 34.3 Å². The zero-order chi connectivity index (χ0) is 29.4. The number of anilines is 1. The number of halogens is 2. The number of unbranched alkanes of at least 4 members (excludes halogenated alkanes) is 1. The molecular formula is C30H35ClFN3O4S. The second-order valence-corrected chi connectivity index (χ2v) is 12.0. The number of amides is 2. The van der Waals surface area contributed by atoms with Crippen LogP contribution in [0.1, 0.15) is 43.4 Å². The summed E-state index contributed by atoms with van der Waals surface area (Å²) in [4.78, 5) is 28.2. The quantitative estimate of drug-likeness (QED) is 0.279. The maximum absolute atomic E-state index is 13.9. The maximum Gasteiger partial charge on any atom is 0.264 e. The van der Waals surface area contributed by atoms with Crippen molar-refractivity contribution in [2.45, 2.75) is 58.0 Å². The molecule has 0 unspecified atom stereocenters. The fourth-order valence-corrected chi connectivity index (χ4v) is 5.59. The van der Waals surface area contributed by atoms with Gasteiger partial charge in [0, 0.05) is 18.1 Å². The summed E-state index contributed by atoms with van der Waals surface area (Å²) in [5, 5.41) is 3.18. The van der Waals surface area contributed by atoms with Gasteiger partial charge in [-0.25, -0.2) is 12.8 Å². The number of hydrogen-bond acceptors (Lipinski definition) is 4. The summed E-state index contributed by atoms with van der Waals surface area (Å²) in [7, 11) is -4.19. The maximum atomic E-state index is 13.9. The number of carbonyl (C=O) groups excluding carboxylic acids is 2. The number of carbonyl (C=O) groups is 2. The van der Waals surface area contributed by atoms with Gasteiger partial charge < -0.3 is 10.2 Å². The van der Waals surface area contributed by atoms with Gasteiger partial charge in [0.1, 0.15) is 18.4 Å². The van der Waals surface area contributed by atoms with Crippen molar-refractivity contribution in [1.82, 2.24) is 10.2 Å². The molecule has 10 heteroatoms. The minimum Gasteiger partial charge on any atom is -0.354 e. The summed E-state index contributed by atoms with van der Waals surface area (Å²) >= 11 is 6.35. The lowest BCUT2D eigenvalue weighted by Gasteiger charge is -2.32. The molecule has 0 fully saturated rings. The number of aryl methyl sites for hydroxylation is 2. The van der Waals surface area contributed by atoms with Crippen LogP contribution in [0.5, 0.6) is 0 Å². The van der Waals surface area contributed by atoms with Crippen LogP contribution in [-0.4, -0.2) is 44.3 Å². The molecule has 40 heavy (non-hydrogen) atoms. The first-order valence-electron chi connectivity index (χ1n) is 13.1. The Hall–Kier alpha value is -3.43. The zero-order valence-corrected chi connectivity index (χ0v) is 24.7. The Labute approximate surface area is 241 Å². The van der Waals surface area contributed by atoms with Gasteiger partial charge in [-0.1, -0.05) is 60.8 Å². The molecule has 1 N–H and O–H groups in total. The standard InChI is InChI=1S/C30H35ClFN3O4S/c1-5-6-17-33-30(37)23(4)34(19-24-10-12-25(32)13-11-24)29(36)20-35(26-14-9-22(3)28(31)18-26)40(38,39)27-15-7-21(2)8-16-27/h7-16,18,23H,5-6,17,19-20H2,1-4H3,(H,33,37)/t23-/m1/s1. The SMILES string of the molecule is CCCCNC(=O)[C@@H](C)N(Cc1ccc(F)cc1)C(=O)CN(c1ccc(C)c(Cl)c1)S(=O)(=O)c1ccc(C)cc1. The van der Waals surface area contributed by atoms with Crippen LogP contribution in [0.4, 0.5) is 10.1 Å². The van der Waals surface area contributed by atoms with Gasteiger partial charge in [0.2, 0.25) is 11.8 Å². The van der Waals surface area contributed by atoms with Crippen molar-refractivity contribution in [3.63, 3.8) is 0 Å². The molecule has 0 radical (unpaired) electrons. The second-order valence-electron chi connectivity index (χ2n) is 9.73. The molecule has 0 saturated heterocycles. The Bertz CT molecular complexity index is 1430. The average molecular weight is 588 g/mol. The van der Waals surface area contributed by atoms with Gasteiger partial charge in [0.15, 0.2) is 0 Å². The summed E-state index contributed by atoms with van der Waals surface area (Å²) in [5.74, 6) is -1.40. The summed E-state index contributed by atoms with van der Waals surface area (Å²) in [5.41, 5.74) is 2.44. The molecule has 3 aromatic rings. The van der Waals surface area contributed by atoms with Crippen molar-refractivity contribution in [3.8, 4) is 0 Å². The van der Waals surface area contributed by atoms with E-state index in [0.717, 1.165) is 28.3 Å². The molecule has 7 nitrogen and oxygen atoms in total. The Balaban J connectivity index is 2.02. The van der Waals surface area contributed by atoms with Crippen molar-refractivity contribution < 1.29 is 22.4 Å². The Kier molecular flexibility index (Phi) is 10.7. The number of hydrogen-bond donors (Lipinski definition) is 1. The van der Waals surface area contributed by atoms with Gasteiger partial charge in [0.25, 0.3) is 10.0 Å². The molecular weight excluding hydrogens is 553 g/mol. The molecule has 0 aliphatic rings. The van der Waals surface area contributed by atoms with Crippen molar-refractivity contribution in [2.75, 3.05) is 17.4 Å². The largest absolute Gasteiger partial charge is 0.354 e. The highest BCUT2D eigenvalue weighted by atomic mass is 35.5. The third kappa shape index (κ3) is 7.82. The average Bonchev–Trinajstić information content (AvgIpc) is 2.92.